The van der Waals surface area contributed by atoms with Gasteiger partial charge >= 0.3 is 0 Å². The van der Waals surface area contributed by atoms with Gasteiger partial charge in [-0.25, -0.2) is 0 Å². The van der Waals surface area contributed by atoms with Crippen molar-refractivity contribution < 1.29 is 10.0 Å². The van der Waals surface area contributed by atoms with E-state index in [0.717, 1.165) is 0 Å². The molecule has 0 radical (unpaired) electrons. The third kappa shape index (κ3) is 3.85. The predicted molar refractivity (Wildman–Crippen MR) is 72.1 cm³/mol. The SMILES string of the molecule is CC(C)(C)C(O)CNc1ccc([N+](=O)[O-])cc1Cl. The van der Waals surface area contributed by atoms with E-state index in [-0.39, 0.29) is 16.1 Å². The number of benzene rings is 1. The van der Waals surface area contributed by atoms with E-state index in [4.69, 9.17) is 11.6 Å². The summed E-state index contributed by atoms with van der Waals surface area (Å²) in [6.45, 7) is 6.12. The maximum Gasteiger partial charge on any atom is 0.271 e. The molecule has 0 fully saturated rings. The molecule has 2 N–H and O–H groups in total. The molecular weight excluding hydrogens is 256 g/mol. The number of anilines is 1. The van der Waals surface area contributed by atoms with Crippen molar-refractivity contribution in [2.45, 2.75) is 26.9 Å². The zero-order chi connectivity index (χ0) is 13.9. The Kier molecular flexibility index (Phi) is 4.53. The Morgan fingerprint density at radius 3 is 2.56 bits per heavy atom. The van der Waals surface area contributed by atoms with Crippen molar-refractivity contribution in [2.75, 3.05) is 11.9 Å². The Labute approximate surface area is 111 Å². The molecule has 1 aromatic rings. The summed E-state index contributed by atoms with van der Waals surface area (Å²) in [7, 11) is 0. The lowest BCUT2D eigenvalue weighted by Crippen LogP contribution is -2.32. The standard InChI is InChI=1S/C12H17ClN2O3/c1-12(2,3)11(16)7-14-10-5-4-8(15(17)18)6-9(10)13/h4-6,11,14,16H,7H2,1-3H3. The van der Waals surface area contributed by atoms with E-state index in [0.29, 0.717) is 12.2 Å². The first-order valence-electron chi connectivity index (χ1n) is 5.57. The monoisotopic (exact) mass is 272 g/mol. The van der Waals surface area contributed by atoms with E-state index in [9.17, 15) is 15.2 Å². The first kappa shape index (κ1) is 14.7. The highest BCUT2D eigenvalue weighted by atomic mass is 35.5. The highest BCUT2D eigenvalue weighted by Gasteiger charge is 2.22. The normalized spacial score (nSPS) is 13.2. The molecule has 1 aromatic carbocycles. The lowest BCUT2D eigenvalue weighted by molar-refractivity contribution is -0.384. The van der Waals surface area contributed by atoms with Crippen LogP contribution in [0.2, 0.25) is 5.02 Å². The molecule has 0 heterocycles. The second-order valence-corrected chi connectivity index (χ2v) is 5.59. The number of nitro groups is 1. The van der Waals surface area contributed by atoms with Crippen molar-refractivity contribution in [3.8, 4) is 0 Å². The molecule has 0 aromatic heterocycles. The van der Waals surface area contributed by atoms with Gasteiger partial charge in [-0.2, -0.15) is 0 Å². The minimum Gasteiger partial charge on any atom is -0.391 e. The van der Waals surface area contributed by atoms with Crippen molar-refractivity contribution in [2.24, 2.45) is 5.41 Å². The molecule has 1 unspecified atom stereocenters. The van der Waals surface area contributed by atoms with Crippen molar-refractivity contribution >= 4 is 23.0 Å². The average Bonchev–Trinajstić information content (AvgIpc) is 2.25. The smallest absolute Gasteiger partial charge is 0.271 e. The molecule has 100 valence electrons. The first-order chi connectivity index (χ1) is 8.21. The summed E-state index contributed by atoms with van der Waals surface area (Å²) in [6, 6.07) is 4.20. The number of hydrogen-bond donors (Lipinski definition) is 2. The number of nitrogens with one attached hydrogen (secondary N) is 1. The number of nitro benzene ring substituents is 1. The van der Waals surface area contributed by atoms with Gasteiger partial charge in [-0.15, -0.1) is 0 Å². The van der Waals surface area contributed by atoms with Gasteiger partial charge in [0, 0.05) is 18.7 Å². The van der Waals surface area contributed by atoms with Gasteiger partial charge in [-0.05, 0) is 11.5 Å². The Balaban J connectivity index is 2.72. The van der Waals surface area contributed by atoms with Crippen LogP contribution in [-0.4, -0.2) is 22.7 Å². The Morgan fingerprint density at radius 2 is 2.11 bits per heavy atom. The molecule has 0 amide bonds. The zero-order valence-corrected chi connectivity index (χ0v) is 11.4. The molecule has 18 heavy (non-hydrogen) atoms. The summed E-state index contributed by atoms with van der Waals surface area (Å²) in [5.41, 5.74) is 0.285. The van der Waals surface area contributed by atoms with E-state index in [1.165, 1.54) is 18.2 Å². The van der Waals surface area contributed by atoms with Crippen LogP contribution >= 0.6 is 11.6 Å². The largest absolute Gasteiger partial charge is 0.391 e. The van der Waals surface area contributed by atoms with Crippen molar-refractivity contribution in [3.63, 3.8) is 0 Å². The number of aliphatic hydroxyl groups excluding tert-OH is 1. The molecule has 0 aliphatic heterocycles. The summed E-state index contributed by atoms with van der Waals surface area (Å²) >= 11 is 5.92. The van der Waals surface area contributed by atoms with Gasteiger partial charge in [0.15, 0.2) is 0 Å². The zero-order valence-electron chi connectivity index (χ0n) is 10.6. The van der Waals surface area contributed by atoms with Crippen molar-refractivity contribution in [1.29, 1.82) is 0 Å². The van der Waals surface area contributed by atoms with Crippen molar-refractivity contribution in [3.05, 3.63) is 33.3 Å². The summed E-state index contributed by atoms with van der Waals surface area (Å²) in [6.07, 6.45) is -0.538. The average molecular weight is 273 g/mol. The third-order valence-corrected chi connectivity index (χ3v) is 2.96. The van der Waals surface area contributed by atoms with E-state index in [1.54, 1.807) is 0 Å². The minimum atomic E-state index is -0.538. The van der Waals surface area contributed by atoms with Gasteiger partial charge < -0.3 is 10.4 Å². The topological polar surface area (TPSA) is 75.4 Å². The second kappa shape index (κ2) is 5.54. The van der Waals surface area contributed by atoms with Crippen LogP contribution in [-0.2, 0) is 0 Å². The molecule has 0 saturated carbocycles. The van der Waals surface area contributed by atoms with Gasteiger partial charge in [0.05, 0.1) is 21.7 Å². The summed E-state index contributed by atoms with van der Waals surface area (Å²) in [4.78, 5) is 10.0. The fourth-order valence-corrected chi connectivity index (χ4v) is 1.52. The van der Waals surface area contributed by atoms with E-state index >= 15 is 0 Å². The second-order valence-electron chi connectivity index (χ2n) is 5.18. The van der Waals surface area contributed by atoms with Gasteiger partial charge in [0.1, 0.15) is 0 Å². The Bertz CT molecular complexity index is 443. The van der Waals surface area contributed by atoms with Crippen LogP contribution in [0.15, 0.2) is 18.2 Å². The van der Waals surface area contributed by atoms with Crippen molar-refractivity contribution in [1.82, 2.24) is 0 Å². The van der Waals surface area contributed by atoms with Crippen LogP contribution in [0.1, 0.15) is 20.8 Å². The van der Waals surface area contributed by atoms with Gasteiger partial charge in [-0.3, -0.25) is 10.1 Å². The lowest BCUT2D eigenvalue weighted by atomic mass is 9.89. The highest BCUT2D eigenvalue weighted by Crippen LogP contribution is 2.27. The molecule has 0 bridgehead atoms. The van der Waals surface area contributed by atoms with Crippen LogP contribution < -0.4 is 5.32 Å². The molecule has 0 spiro atoms. The van der Waals surface area contributed by atoms with Gasteiger partial charge in [-0.1, -0.05) is 32.4 Å². The van der Waals surface area contributed by atoms with Crippen LogP contribution in [0.25, 0.3) is 0 Å². The number of hydrogen-bond acceptors (Lipinski definition) is 4. The number of nitrogens with zero attached hydrogens (tertiary/aromatic N) is 1. The fraction of sp³-hybridized carbons (Fsp3) is 0.500. The van der Waals surface area contributed by atoms with E-state index < -0.39 is 11.0 Å². The lowest BCUT2D eigenvalue weighted by Gasteiger charge is -2.26. The number of rotatable bonds is 4. The molecule has 1 rings (SSSR count). The van der Waals surface area contributed by atoms with E-state index in [2.05, 4.69) is 5.32 Å². The summed E-state index contributed by atoms with van der Waals surface area (Å²) in [5.74, 6) is 0. The maximum absolute atomic E-state index is 10.5. The Hall–Kier alpha value is -1.33. The quantitative estimate of drug-likeness (QED) is 0.652. The molecule has 0 saturated heterocycles. The summed E-state index contributed by atoms with van der Waals surface area (Å²) in [5, 5.41) is 23.7. The fourth-order valence-electron chi connectivity index (χ4n) is 1.27. The first-order valence-corrected chi connectivity index (χ1v) is 5.95. The van der Waals surface area contributed by atoms with Crippen LogP contribution in [0, 0.1) is 15.5 Å². The van der Waals surface area contributed by atoms with Gasteiger partial charge in [0.25, 0.3) is 5.69 Å². The van der Waals surface area contributed by atoms with Crippen LogP contribution in [0.5, 0.6) is 0 Å². The minimum absolute atomic E-state index is 0.0538. The predicted octanol–water partition coefficient (Wildman–Crippen LogP) is 3.07. The van der Waals surface area contributed by atoms with Gasteiger partial charge in [0.2, 0.25) is 0 Å². The van der Waals surface area contributed by atoms with Crippen LogP contribution in [0.3, 0.4) is 0 Å². The number of non-ortho nitro benzene ring substituents is 1. The molecule has 5 nitrogen and oxygen atoms in total. The van der Waals surface area contributed by atoms with Crippen LogP contribution in [0.4, 0.5) is 11.4 Å². The third-order valence-electron chi connectivity index (χ3n) is 2.65. The molecular formula is C12H17ClN2O3. The molecule has 0 aliphatic carbocycles. The Morgan fingerprint density at radius 1 is 1.50 bits per heavy atom. The molecule has 0 aliphatic rings. The number of halogens is 1. The summed E-state index contributed by atoms with van der Waals surface area (Å²) < 4.78 is 0. The molecule has 1 atom stereocenters. The number of aliphatic hydroxyl groups is 1. The van der Waals surface area contributed by atoms with E-state index in [1.807, 2.05) is 20.8 Å². The maximum atomic E-state index is 10.5. The highest BCUT2D eigenvalue weighted by molar-refractivity contribution is 6.33. The molecule has 6 heteroatoms.